The number of pyridine rings is 1. The van der Waals surface area contributed by atoms with Crippen LogP contribution in [0.4, 0.5) is 5.69 Å². The van der Waals surface area contributed by atoms with Crippen LogP contribution in [-0.4, -0.2) is 39.4 Å². The van der Waals surface area contributed by atoms with Crippen LogP contribution in [-0.2, 0) is 20.1 Å². The van der Waals surface area contributed by atoms with E-state index < -0.39 is 0 Å². The molecule has 2 heterocycles. The molecule has 44 heavy (non-hydrogen) atoms. The fraction of sp³-hybridized carbons (Fsp3) is 0.368. The van der Waals surface area contributed by atoms with E-state index in [0.717, 1.165) is 16.9 Å². The zero-order valence-electron chi connectivity index (χ0n) is 26.6. The zero-order chi connectivity index (χ0) is 30.8. The van der Waals surface area contributed by atoms with Gasteiger partial charge in [0.15, 0.2) is 0 Å². The Morgan fingerprint density at radius 1 is 0.909 bits per heavy atom. The van der Waals surface area contributed by atoms with Crippen molar-refractivity contribution in [2.45, 2.75) is 72.0 Å². The number of hydrogen-bond donors (Lipinski definition) is 2. The van der Waals surface area contributed by atoms with Crippen molar-refractivity contribution in [1.29, 1.82) is 0 Å². The maximum absolute atomic E-state index is 8.56. The van der Waals surface area contributed by atoms with E-state index in [9.17, 15) is 0 Å². The van der Waals surface area contributed by atoms with E-state index in [1.807, 2.05) is 60.8 Å². The minimum Gasteiger partial charge on any atom is -0.510 e. The van der Waals surface area contributed by atoms with Gasteiger partial charge in [0.05, 0.1) is 12.2 Å². The smallest absolute Gasteiger partial charge is 0.510 e. The third-order valence-electron chi connectivity index (χ3n) is 7.94. The fourth-order valence-corrected chi connectivity index (χ4v) is 5.65. The van der Waals surface area contributed by atoms with E-state index in [2.05, 4.69) is 84.9 Å². The summed E-state index contributed by atoms with van der Waals surface area (Å²) in [7, 11) is 2.11. The summed E-state index contributed by atoms with van der Waals surface area (Å²) in [6, 6.07) is 33.0. The largest absolute Gasteiger partial charge is 3.00 e. The van der Waals surface area contributed by atoms with Crippen LogP contribution in [0.25, 0.3) is 22.0 Å². The van der Waals surface area contributed by atoms with Gasteiger partial charge in [-0.3, -0.25) is 0 Å². The number of aliphatic hydroxyl groups is 2. The minimum atomic E-state index is -0.375. The number of aromatic nitrogens is 1. The second kappa shape index (κ2) is 16.9. The number of para-hydroxylation sites is 1. The number of fused-ring (bicyclic) bond motifs is 1. The van der Waals surface area contributed by atoms with Crippen LogP contribution in [0, 0.1) is 30.1 Å². The Bertz CT molecular complexity index is 1420. The summed E-state index contributed by atoms with van der Waals surface area (Å²) in [5.41, 5.74) is 5.14. The first kappa shape index (κ1) is 35.5. The average molecular weight is 769 g/mol. The molecule has 0 amide bonds. The van der Waals surface area contributed by atoms with E-state index >= 15 is 0 Å². The van der Waals surface area contributed by atoms with Crippen molar-refractivity contribution in [3.05, 3.63) is 116 Å². The Kier molecular flexibility index (Phi) is 13.6. The minimum absolute atomic E-state index is 0. The van der Waals surface area contributed by atoms with Crippen molar-refractivity contribution in [2.24, 2.45) is 11.3 Å². The summed E-state index contributed by atoms with van der Waals surface area (Å²) in [6.07, 6.45) is 9.09. The molecule has 6 heteroatoms. The van der Waals surface area contributed by atoms with Gasteiger partial charge in [-0.05, 0) is 93.1 Å². The Morgan fingerprint density at radius 3 is 2.14 bits per heavy atom. The average Bonchev–Trinajstić information content (AvgIpc) is 3.39. The SMILES string of the molecule is CC(O)CC(C)O.CN1C=C(C2CCC(C)(C)CC2)N(c2[c-]cccc2)[CH-]1.[Ir+3].[c-]1ccccc1-c1nccc2ccccc12. The monoisotopic (exact) mass is 769 g/mol. The molecule has 234 valence electrons. The topological polar surface area (TPSA) is 59.8 Å². The molecule has 4 aromatic rings. The molecule has 1 fully saturated rings. The van der Waals surface area contributed by atoms with Gasteiger partial charge in [0.1, 0.15) is 0 Å². The fourth-order valence-electron chi connectivity index (χ4n) is 5.65. The van der Waals surface area contributed by atoms with Crippen molar-refractivity contribution in [1.82, 2.24) is 9.88 Å². The second-order valence-electron chi connectivity index (χ2n) is 12.5. The summed E-state index contributed by atoms with van der Waals surface area (Å²) < 4.78 is 0. The number of aliphatic hydroxyl groups excluding tert-OH is 2. The third-order valence-corrected chi connectivity index (χ3v) is 7.94. The number of anilines is 1. The number of hydrogen-bond acceptors (Lipinski definition) is 5. The molecule has 2 N–H and O–H groups in total. The summed E-state index contributed by atoms with van der Waals surface area (Å²) in [5, 5.41) is 19.5. The van der Waals surface area contributed by atoms with Gasteiger partial charge in [0.25, 0.3) is 0 Å². The molecule has 5 nitrogen and oxygen atoms in total. The Balaban J connectivity index is 0.000000198. The maximum atomic E-state index is 8.56. The number of rotatable bonds is 5. The van der Waals surface area contributed by atoms with Gasteiger partial charge in [-0.25, -0.2) is 0 Å². The van der Waals surface area contributed by atoms with E-state index in [0.29, 0.717) is 17.8 Å². The van der Waals surface area contributed by atoms with Crippen molar-refractivity contribution in [2.75, 3.05) is 11.9 Å². The maximum Gasteiger partial charge on any atom is 3.00 e. The summed E-state index contributed by atoms with van der Waals surface area (Å²) in [6.45, 7) is 10.3. The first-order valence-corrected chi connectivity index (χ1v) is 15.3. The number of nitrogens with zero attached hydrogens (tertiary/aromatic N) is 3. The predicted octanol–water partition coefficient (Wildman–Crippen LogP) is 8.25. The Labute approximate surface area is 278 Å². The van der Waals surface area contributed by atoms with Crippen LogP contribution in [0.1, 0.15) is 59.8 Å². The van der Waals surface area contributed by atoms with E-state index in [1.54, 1.807) is 13.8 Å². The summed E-state index contributed by atoms with van der Waals surface area (Å²) in [5.74, 6) is 0.679. The van der Waals surface area contributed by atoms with Crippen molar-refractivity contribution in [3.8, 4) is 11.3 Å². The van der Waals surface area contributed by atoms with Crippen molar-refractivity contribution in [3.63, 3.8) is 0 Å². The van der Waals surface area contributed by atoms with Crippen molar-refractivity contribution >= 4 is 16.5 Å². The predicted molar refractivity (Wildman–Crippen MR) is 178 cm³/mol. The molecule has 1 aromatic heterocycles. The van der Waals surface area contributed by atoms with Gasteiger partial charge in [-0.15, -0.1) is 41.6 Å². The molecule has 1 aliphatic carbocycles. The number of benzene rings is 3. The molecule has 2 aliphatic rings. The van der Waals surface area contributed by atoms with Crippen LogP contribution in [0.3, 0.4) is 0 Å². The van der Waals surface area contributed by atoms with Crippen LogP contribution < -0.4 is 4.90 Å². The Morgan fingerprint density at radius 2 is 1.55 bits per heavy atom. The third kappa shape index (κ3) is 10.3. The standard InChI is InChI=1S/C18H24N2.C15H10N.C5H12O2.Ir/c1-18(2)11-9-15(10-12-18)17-13-19(3)14-20(17)16-7-5-4-6-8-16;1-2-7-13(8-3-1)15-14-9-5-4-6-12(14)10-11-16-15;1-4(6)3-5(2)7;/h4-7,13-15H,9-12H2,1-3H3;1-7,9-11H;4-7H,3H2,1-2H3;/q-2;-1;;+3. The normalized spacial score (nSPS) is 17.3. The second-order valence-corrected chi connectivity index (χ2v) is 12.5. The molecular formula is C38H46IrN3O2. The van der Waals surface area contributed by atoms with Crippen LogP contribution in [0.2, 0.25) is 0 Å². The Hall–Kier alpha value is -3.02. The molecular weight excluding hydrogens is 723 g/mol. The van der Waals surface area contributed by atoms with Gasteiger partial charge in [0.2, 0.25) is 0 Å². The van der Waals surface area contributed by atoms with Gasteiger partial charge < -0.3 is 25.0 Å². The van der Waals surface area contributed by atoms with Gasteiger partial charge in [-0.1, -0.05) is 38.1 Å². The number of allylic oxidation sites excluding steroid dienone is 1. The molecule has 2 unspecified atom stereocenters. The van der Waals surface area contributed by atoms with Crippen LogP contribution in [0.5, 0.6) is 0 Å². The zero-order valence-corrected chi connectivity index (χ0v) is 29.0. The quantitative estimate of drug-likeness (QED) is 0.201. The van der Waals surface area contributed by atoms with Gasteiger partial charge >= 0.3 is 20.1 Å². The molecule has 2 atom stereocenters. The van der Waals surface area contributed by atoms with Crippen LogP contribution >= 0.6 is 0 Å². The van der Waals surface area contributed by atoms with Gasteiger partial charge in [-0.2, -0.15) is 37.0 Å². The summed E-state index contributed by atoms with van der Waals surface area (Å²) >= 11 is 0. The molecule has 3 aromatic carbocycles. The van der Waals surface area contributed by atoms with E-state index in [4.69, 9.17) is 10.2 Å². The molecule has 6 rings (SSSR count). The molecule has 0 saturated heterocycles. The first-order chi connectivity index (χ1) is 20.6. The van der Waals surface area contributed by atoms with Crippen molar-refractivity contribution < 1.29 is 30.3 Å². The van der Waals surface area contributed by atoms with E-state index in [-0.39, 0.29) is 32.3 Å². The van der Waals surface area contributed by atoms with E-state index in [1.165, 1.54) is 42.2 Å². The molecule has 0 bridgehead atoms. The molecule has 1 saturated carbocycles. The first-order valence-electron chi connectivity index (χ1n) is 15.3. The molecule has 0 spiro atoms. The molecule has 0 radical (unpaired) electrons. The summed E-state index contributed by atoms with van der Waals surface area (Å²) in [4.78, 5) is 8.92. The van der Waals surface area contributed by atoms with Crippen LogP contribution in [0.15, 0.2) is 97.0 Å². The molecule has 1 aliphatic heterocycles. The van der Waals surface area contributed by atoms with Gasteiger partial charge in [0, 0.05) is 11.9 Å².